The van der Waals surface area contributed by atoms with Crippen LogP contribution in [-0.2, 0) is 0 Å². The van der Waals surface area contributed by atoms with Crippen molar-refractivity contribution in [2.24, 2.45) is 5.41 Å². The third-order valence-corrected chi connectivity index (χ3v) is 4.44. The standard InChI is InChI=1S/C16H27N3O2/c1-11(2)14-18-12(9-13(20)19-14)17-10-16(21)7-5-15(3,4)6-8-16/h9,11,21H,5-8,10H2,1-4H3,(H2,17,18,19,20). The second-order valence-electron chi connectivity index (χ2n) is 7.41. The molecule has 0 aliphatic heterocycles. The lowest BCUT2D eigenvalue weighted by Gasteiger charge is -2.40. The predicted octanol–water partition coefficient (Wildman–Crippen LogP) is 2.64. The van der Waals surface area contributed by atoms with E-state index in [4.69, 9.17) is 0 Å². The van der Waals surface area contributed by atoms with Crippen molar-refractivity contribution in [3.05, 3.63) is 22.2 Å². The first kappa shape index (κ1) is 16.0. The summed E-state index contributed by atoms with van der Waals surface area (Å²) in [5, 5.41) is 13.8. The zero-order valence-electron chi connectivity index (χ0n) is 13.5. The Hall–Kier alpha value is -1.36. The summed E-state index contributed by atoms with van der Waals surface area (Å²) in [4.78, 5) is 18.8. The Bertz CT molecular complexity index is 539. The minimum absolute atomic E-state index is 0.159. The lowest BCUT2D eigenvalue weighted by Crippen LogP contribution is -2.42. The lowest BCUT2D eigenvalue weighted by atomic mass is 9.71. The van der Waals surface area contributed by atoms with E-state index in [2.05, 4.69) is 29.1 Å². The maximum atomic E-state index is 11.6. The lowest BCUT2D eigenvalue weighted by molar-refractivity contribution is -0.0145. The van der Waals surface area contributed by atoms with Crippen LogP contribution in [0.2, 0.25) is 0 Å². The van der Waals surface area contributed by atoms with Gasteiger partial charge in [-0.1, -0.05) is 27.7 Å². The molecule has 1 aromatic rings. The van der Waals surface area contributed by atoms with Crippen LogP contribution in [-0.4, -0.2) is 27.2 Å². The molecular weight excluding hydrogens is 266 g/mol. The number of hydrogen-bond acceptors (Lipinski definition) is 4. The van der Waals surface area contributed by atoms with Crippen LogP contribution in [0.1, 0.15) is 65.1 Å². The van der Waals surface area contributed by atoms with Gasteiger partial charge in [0.25, 0.3) is 5.56 Å². The van der Waals surface area contributed by atoms with Gasteiger partial charge in [0, 0.05) is 18.5 Å². The zero-order valence-corrected chi connectivity index (χ0v) is 13.5. The largest absolute Gasteiger partial charge is 0.388 e. The van der Waals surface area contributed by atoms with Crippen molar-refractivity contribution in [2.75, 3.05) is 11.9 Å². The first-order valence-electron chi connectivity index (χ1n) is 7.77. The van der Waals surface area contributed by atoms with E-state index in [1.807, 2.05) is 13.8 Å². The number of hydrogen-bond donors (Lipinski definition) is 3. The molecule has 21 heavy (non-hydrogen) atoms. The molecule has 1 saturated carbocycles. The fourth-order valence-corrected chi connectivity index (χ4v) is 2.66. The molecule has 2 rings (SSSR count). The van der Waals surface area contributed by atoms with Gasteiger partial charge < -0.3 is 15.4 Å². The average molecular weight is 293 g/mol. The summed E-state index contributed by atoms with van der Waals surface area (Å²) >= 11 is 0. The molecule has 5 heteroatoms. The zero-order chi connectivity index (χ0) is 15.7. The number of aromatic nitrogens is 2. The number of aliphatic hydroxyl groups is 1. The van der Waals surface area contributed by atoms with Gasteiger partial charge in [-0.05, 0) is 31.1 Å². The van der Waals surface area contributed by atoms with Gasteiger partial charge in [0.2, 0.25) is 0 Å². The Morgan fingerprint density at radius 2 is 1.95 bits per heavy atom. The Balaban J connectivity index is 2.02. The molecule has 0 radical (unpaired) electrons. The van der Waals surface area contributed by atoms with E-state index in [9.17, 15) is 9.90 Å². The summed E-state index contributed by atoms with van der Waals surface area (Å²) in [6, 6.07) is 1.45. The van der Waals surface area contributed by atoms with E-state index in [1.54, 1.807) is 0 Å². The van der Waals surface area contributed by atoms with Gasteiger partial charge in [0.05, 0.1) is 5.60 Å². The maximum Gasteiger partial charge on any atom is 0.252 e. The highest BCUT2D eigenvalue weighted by Crippen LogP contribution is 2.40. The second-order valence-corrected chi connectivity index (χ2v) is 7.41. The van der Waals surface area contributed by atoms with Gasteiger partial charge in [0.15, 0.2) is 0 Å². The predicted molar refractivity (Wildman–Crippen MR) is 84.6 cm³/mol. The molecule has 0 unspecified atom stereocenters. The van der Waals surface area contributed by atoms with Gasteiger partial charge in [-0.15, -0.1) is 0 Å². The van der Waals surface area contributed by atoms with Gasteiger partial charge >= 0.3 is 0 Å². The SMILES string of the molecule is CC(C)c1nc(NCC2(O)CCC(C)(C)CC2)cc(=O)[nH]1. The highest BCUT2D eigenvalue weighted by Gasteiger charge is 2.36. The first-order chi connectivity index (χ1) is 9.69. The van der Waals surface area contributed by atoms with Crippen molar-refractivity contribution in [2.45, 2.75) is 64.9 Å². The molecule has 1 fully saturated rings. The normalized spacial score (nSPS) is 20.5. The van der Waals surface area contributed by atoms with Crippen molar-refractivity contribution >= 4 is 5.82 Å². The van der Waals surface area contributed by atoms with Crippen molar-refractivity contribution in [3.63, 3.8) is 0 Å². The van der Waals surface area contributed by atoms with E-state index in [0.29, 0.717) is 23.6 Å². The molecule has 0 spiro atoms. The van der Waals surface area contributed by atoms with Crippen molar-refractivity contribution in [1.82, 2.24) is 9.97 Å². The molecule has 1 aliphatic carbocycles. The molecule has 0 bridgehead atoms. The quantitative estimate of drug-likeness (QED) is 0.797. The fourth-order valence-electron chi connectivity index (χ4n) is 2.66. The number of rotatable bonds is 4. The topological polar surface area (TPSA) is 78.0 Å². The Morgan fingerprint density at radius 1 is 1.33 bits per heavy atom. The van der Waals surface area contributed by atoms with Gasteiger partial charge in [-0.2, -0.15) is 0 Å². The van der Waals surface area contributed by atoms with Crippen LogP contribution < -0.4 is 10.9 Å². The molecule has 3 N–H and O–H groups in total. The average Bonchev–Trinajstić information content (AvgIpc) is 2.40. The molecule has 1 heterocycles. The second kappa shape index (κ2) is 5.79. The Morgan fingerprint density at radius 3 is 2.52 bits per heavy atom. The van der Waals surface area contributed by atoms with E-state index >= 15 is 0 Å². The summed E-state index contributed by atoms with van der Waals surface area (Å²) < 4.78 is 0. The maximum absolute atomic E-state index is 11.6. The summed E-state index contributed by atoms with van der Waals surface area (Å²) in [5.74, 6) is 1.38. The molecular formula is C16H27N3O2. The molecule has 118 valence electrons. The monoisotopic (exact) mass is 293 g/mol. The number of nitrogens with one attached hydrogen (secondary N) is 2. The van der Waals surface area contributed by atoms with Crippen LogP contribution in [0.15, 0.2) is 10.9 Å². The summed E-state index contributed by atoms with van der Waals surface area (Å²) in [5.41, 5.74) is -0.537. The summed E-state index contributed by atoms with van der Waals surface area (Å²) in [6.07, 6.45) is 3.61. The number of anilines is 1. The molecule has 0 atom stereocenters. The molecule has 0 amide bonds. The van der Waals surface area contributed by atoms with E-state index < -0.39 is 5.60 Å². The smallest absolute Gasteiger partial charge is 0.252 e. The third kappa shape index (κ3) is 4.30. The molecule has 0 aromatic carbocycles. The van der Waals surface area contributed by atoms with E-state index in [0.717, 1.165) is 25.7 Å². The van der Waals surface area contributed by atoms with Crippen LogP contribution in [0.4, 0.5) is 5.82 Å². The van der Waals surface area contributed by atoms with Gasteiger partial charge in [0.1, 0.15) is 11.6 Å². The molecule has 0 saturated heterocycles. The minimum Gasteiger partial charge on any atom is -0.388 e. The van der Waals surface area contributed by atoms with Crippen LogP contribution in [0.5, 0.6) is 0 Å². The highest BCUT2D eigenvalue weighted by molar-refractivity contribution is 5.34. The first-order valence-corrected chi connectivity index (χ1v) is 7.77. The van der Waals surface area contributed by atoms with Crippen LogP contribution in [0.3, 0.4) is 0 Å². The number of nitrogens with zero attached hydrogens (tertiary/aromatic N) is 1. The highest BCUT2D eigenvalue weighted by atomic mass is 16.3. The third-order valence-electron chi connectivity index (χ3n) is 4.44. The van der Waals surface area contributed by atoms with Crippen LogP contribution in [0, 0.1) is 5.41 Å². The van der Waals surface area contributed by atoms with Gasteiger partial charge in [-0.25, -0.2) is 4.98 Å². The fraction of sp³-hybridized carbons (Fsp3) is 0.750. The van der Waals surface area contributed by atoms with Crippen LogP contribution in [0.25, 0.3) is 0 Å². The minimum atomic E-state index is -0.697. The van der Waals surface area contributed by atoms with Gasteiger partial charge in [-0.3, -0.25) is 4.79 Å². The van der Waals surface area contributed by atoms with E-state index in [1.165, 1.54) is 6.07 Å². The Labute approximate surface area is 126 Å². The summed E-state index contributed by atoms with van der Waals surface area (Å²) in [7, 11) is 0. The number of H-pyrrole nitrogens is 1. The van der Waals surface area contributed by atoms with Crippen molar-refractivity contribution < 1.29 is 5.11 Å². The van der Waals surface area contributed by atoms with E-state index in [-0.39, 0.29) is 11.5 Å². The summed E-state index contributed by atoms with van der Waals surface area (Å²) in [6.45, 7) is 8.90. The number of aromatic amines is 1. The van der Waals surface area contributed by atoms with Crippen molar-refractivity contribution in [1.29, 1.82) is 0 Å². The molecule has 1 aliphatic rings. The Kier molecular flexibility index (Phi) is 4.42. The van der Waals surface area contributed by atoms with Crippen LogP contribution >= 0.6 is 0 Å². The molecule has 5 nitrogen and oxygen atoms in total. The van der Waals surface area contributed by atoms with Crippen molar-refractivity contribution in [3.8, 4) is 0 Å². The molecule has 1 aromatic heterocycles.